The SMILES string of the molecule is CCc1ccc(NC(=O)/C(C#N)=C/c2cc(Br)ccc2Cc2ccccc2Br)cc1. The molecule has 0 saturated carbocycles. The summed E-state index contributed by atoms with van der Waals surface area (Å²) in [4.78, 5) is 12.7. The fourth-order valence-electron chi connectivity index (χ4n) is 3.03. The topological polar surface area (TPSA) is 52.9 Å². The first-order valence-electron chi connectivity index (χ1n) is 9.54. The summed E-state index contributed by atoms with van der Waals surface area (Å²) in [5.74, 6) is -0.423. The number of nitrogens with one attached hydrogen (secondary N) is 1. The number of benzene rings is 3. The Morgan fingerprint density at radius 1 is 1.03 bits per heavy atom. The van der Waals surface area contributed by atoms with Crippen LogP contribution in [-0.4, -0.2) is 5.91 Å². The van der Waals surface area contributed by atoms with Gasteiger partial charge in [-0.05, 0) is 71.5 Å². The molecule has 0 unspecified atom stereocenters. The minimum Gasteiger partial charge on any atom is -0.321 e. The molecule has 3 aromatic carbocycles. The van der Waals surface area contributed by atoms with Gasteiger partial charge >= 0.3 is 0 Å². The number of halogens is 2. The van der Waals surface area contributed by atoms with Gasteiger partial charge in [-0.15, -0.1) is 0 Å². The summed E-state index contributed by atoms with van der Waals surface area (Å²) in [6.45, 7) is 2.08. The molecule has 3 rings (SSSR count). The smallest absolute Gasteiger partial charge is 0.266 e. The average molecular weight is 524 g/mol. The van der Waals surface area contributed by atoms with Gasteiger partial charge in [0.15, 0.2) is 0 Å². The number of nitrogens with zero attached hydrogens (tertiary/aromatic N) is 1. The maximum absolute atomic E-state index is 12.7. The lowest BCUT2D eigenvalue weighted by molar-refractivity contribution is -0.112. The third-order valence-electron chi connectivity index (χ3n) is 4.73. The van der Waals surface area contributed by atoms with Crippen molar-refractivity contribution in [2.45, 2.75) is 19.8 Å². The highest BCUT2D eigenvalue weighted by Crippen LogP contribution is 2.25. The maximum Gasteiger partial charge on any atom is 0.266 e. The summed E-state index contributed by atoms with van der Waals surface area (Å²) in [5, 5.41) is 12.4. The molecule has 0 atom stereocenters. The maximum atomic E-state index is 12.7. The van der Waals surface area contributed by atoms with Gasteiger partial charge in [-0.25, -0.2) is 0 Å². The van der Waals surface area contributed by atoms with E-state index in [0.717, 1.165) is 32.1 Å². The van der Waals surface area contributed by atoms with Crippen LogP contribution in [0, 0.1) is 11.3 Å². The zero-order valence-corrected chi connectivity index (χ0v) is 19.6. The molecule has 3 nitrogen and oxygen atoms in total. The van der Waals surface area contributed by atoms with Gasteiger partial charge in [-0.2, -0.15) is 5.26 Å². The van der Waals surface area contributed by atoms with Gasteiger partial charge in [0.1, 0.15) is 11.6 Å². The number of rotatable bonds is 6. The summed E-state index contributed by atoms with van der Waals surface area (Å²) < 4.78 is 1.91. The third-order valence-corrected chi connectivity index (χ3v) is 6.00. The molecule has 3 aromatic rings. The summed E-state index contributed by atoms with van der Waals surface area (Å²) in [6.07, 6.45) is 3.26. The predicted molar refractivity (Wildman–Crippen MR) is 129 cm³/mol. The standard InChI is InChI=1S/C25H20Br2N2O/c1-2-17-7-11-23(12-8-17)29-25(30)21(16-28)14-20-15-22(26)10-9-18(20)13-19-5-3-4-6-24(19)27/h3-12,14-15H,2,13H2,1H3,(H,29,30)/b21-14+. The van der Waals surface area contributed by atoms with Crippen molar-refractivity contribution in [2.75, 3.05) is 5.32 Å². The van der Waals surface area contributed by atoms with Gasteiger partial charge in [0.05, 0.1) is 0 Å². The molecule has 0 radical (unpaired) electrons. The Bertz CT molecular complexity index is 1130. The van der Waals surface area contributed by atoms with Crippen LogP contribution in [-0.2, 0) is 17.6 Å². The quantitative estimate of drug-likeness (QED) is 0.282. The Balaban J connectivity index is 1.89. The lowest BCUT2D eigenvalue weighted by atomic mass is 9.98. The molecule has 0 bridgehead atoms. The van der Waals surface area contributed by atoms with E-state index in [2.05, 4.69) is 50.2 Å². The molecule has 0 heterocycles. The highest BCUT2D eigenvalue weighted by atomic mass is 79.9. The number of nitriles is 1. The highest BCUT2D eigenvalue weighted by Gasteiger charge is 2.12. The van der Waals surface area contributed by atoms with Crippen molar-refractivity contribution in [3.05, 3.63) is 104 Å². The van der Waals surface area contributed by atoms with E-state index >= 15 is 0 Å². The van der Waals surface area contributed by atoms with Crippen molar-refractivity contribution < 1.29 is 4.79 Å². The molecule has 0 aromatic heterocycles. The first-order valence-corrected chi connectivity index (χ1v) is 11.1. The van der Waals surface area contributed by atoms with Gasteiger partial charge < -0.3 is 5.32 Å². The molecule has 0 aliphatic carbocycles. The number of amides is 1. The van der Waals surface area contributed by atoms with Gasteiger partial charge in [-0.1, -0.05) is 75.2 Å². The van der Waals surface area contributed by atoms with Crippen molar-refractivity contribution in [1.82, 2.24) is 0 Å². The second-order valence-corrected chi connectivity index (χ2v) is 8.56. The summed E-state index contributed by atoms with van der Waals surface area (Å²) in [5.41, 5.74) is 4.90. The molecule has 30 heavy (non-hydrogen) atoms. The molecule has 150 valence electrons. The Labute approximate surface area is 193 Å². The number of carbonyl (C=O) groups is 1. The van der Waals surface area contributed by atoms with Crippen molar-refractivity contribution in [2.24, 2.45) is 0 Å². The number of anilines is 1. The second-order valence-electron chi connectivity index (χ2n) is 6.79. The van der Waals surface area contributed by atoms with Crippen LogP contribution in [0.25, 0.3) is 6.08 Å². The predicted octanol–water partition coefficient (Wildman–Crippen LogP) is 6.91. The molecular formula is C25H20Br2N2O. The van der Waals surface area contributed by atoms with Gasteiger partial charge in [0.2, 0.25) is 0 Å². The molecule has 0 saturated heterocycles. The first kappa shape index (κ1) is 22.0. The minimum atomic E-state index is -0.423. The number of hydrogen-bond donors (Lipinski definition) is 1. The van der Waals surface area contributed by atoms with Gasteiger partial charge in [0.25, 0.3) is 5.91 Å². The molecule has 0 aliphatic heterocycles. The van der Waals surface area contributed by atoms with Crippen LogP contribution in [0.15, 0.2) is 81.2 Å². The van der Waals surface area contributed by atoms with E-state index in [-0.39, 0.29) is 5.57 Å². The van der Waals surface area contributed by atoms with Gasteiger partial charge in [-0.3, -0.25) is 4.79 Å². The summed E-state index contributed by atoms with van der Waals surface area (Å²) in [7, 11) is 0. The van der Waals surface area contributed by atoms with E-state index < -0.39 is 5.91 Å². The van der Waals surface area contributed by atoms with Crippen LogP contribution in [0.2, 0.25) is 0 Å². The van der Waals surface area contributed by atoms with E-state index in [1.54, 1.807) is 6.08 Å². The molecule has 0 spiro atoms. The Morgan fingerprint density at radius 2 is 1.77 bits per heavy atom. The molecule has 0 fully saturated rings. The molecule has 1 amide bonds. The van der Waals surface area contributed by atoms with Crippen molar-refractivity contribution >= 4 is 49.5 Å². The van der Waals surface area contributed by atoms with Crippen molar-refractivity contribution in [1.29, 1.82) is 5.26 Å². The summed E-state index contributed by atoms with van der Waals surface area (Å²) >= 11 is 7.08. The third kappa shape index (κ3) is 5.69. The Kier molecular flexibility index (Phi) is 7.62. The minimum absolute atomic E-state index is 0.0565. The summed E-state index contributed by atoms with van der Waals surface area (Å²) in [6, 6.07) is 23.6. The largest absolute Gasteiger partial charge is 0.321 e. The Hall–Kier alpha value is -2.68. The van der Waals surface area contributed by atoms with E-state index in [1.165, 1.54) is 5.56 Å². The van der Waals surface area contributed by atoms with E-state index in [9.17, 15) is 10.1 Å². The van der Waals surface area contributed by atoms with Crippen LogP contribution < -0.4 is 5.32 Å². The zero-order chi connectivity index (χ0) is 21.5. The van der Waals surface area contributed by atoms with Crippen LogP contribution in [0.3, 0.4) is 0 Å². The molecular weight excluding hydrogens is 504 g/mol. The number of aryl methyl sites for hydroxylation is 1. The monoisotopic (exact) mass is 522 g/mol. The van der Waals surface area contributed by atoms with Crippen molar-refractivity contribution in [3.8, 4) is 6.07 Å². The van der Waals surface area contributed by atoms with E-state index in [4.69, 9.17) is 0 Å². The lowest BCUT2D eigenvalue weighted by Gasteiger charge is -2.10. The number of carbonyl (C=O) groups excluding carboxylic acids is 1. The average Bonchev–Trinajstić information content (AvgIpc) is 2.75. The van der Waals surface area contributed by atoms with E-state index in [0.29, 0.717) is 12.1 Å². The molecule has 1 N–H and O–H groups in total. The van der Waals surface area contributed by atoms with Crippen LogP contribution >= 0.6 is 31.9 Å². The van der Waals surface area contributed by atoms with Crippen molar-refractivity contribution in [3.63, 3.8) is 0 Å². The van der Waals surface area contributed by atoms with E-state index in [1.807, 2.05) is 66.7 Å². The molecule has 0 aliphatic rings. The van der Waals surface area contributed by atoms with Crippen LogP contribution in [0.4, 0.5) is 5.69 Å². The fourth-order valence-corrected chi connectivity index (χ4v) is 3.84. The highest BCUT2D eigenvalue weighted by molar-refractivity contribution is 9.10. The van der Waals surface area contributed by atoms with Crippen LogP contribution in [0.1, 0.15) is 29.2 Å². The van der Waals surface area contributed by atoms with Crippen LogP contribution in [0.5, 0.6) is 0 Å². The second kappa shape index (κ2) is 10.4. The molecule has 5 heteroatoms. The zero-order valence-electron chi connectivity index (χ0n) is 16.5. The normalized spacial score (nSPS) is 11.1. The first-order chi connectivity index (χ1) is 14.5. The fraction of sp³-hybridized carbons (Fsp3) is 0.120. The lowest BCUT2D eigenvalue weighted by Crippen LogP contribution is -2.13. The van der Waals surface area contributed by atoms with Gasteiger partial charge in [0, 0.05) is 14.6 Å². The Morgan fingerprint density at radius 3 is 2.43 bits per heavy atom. The number of hydrogen-bond acceptors (Lipinski definition) is 2.